The van der Waals surface area contributed by atoms with E-state index in [2.05, 4.69) is 41.5 Å². The predicted octanol–water partition coefficient (Wildman–Crippen LogP) is 4.54. The lowest BCUT2D eigenvalue weighted by molar-refractivity contribution is -0.0117. The molecule has 100 valence electrons. The first-order valence-electron chi connectivity index (χ1n) is 7.05. The Hall–Kier alpha value is -0.0800. The molecule has 0 aromatic rings. The highest BCUT2D eigenvalue weighted by molar-refractivity contribution is 5.00. The van der Waals surface area contributed by atoms with Crippen molar-refractivity contribution in [3.8, 4) is 0 Å². The van der Waals surface area contributed by atoms with Crippen LogP contribution in [-0.2, 0) is 9.78 Å². The minimum Gasteiger partial charge on any atom is -0.194 e. The molecule has 17 heavy (non-hydrogen) atoms. The average Bonchev–Trinajstić information content (AvgIpc) is 2.95. The smallest absolute Gasteiger partial charge is 0.194 e. The maximum Gasteiger partial charge on any atom is 0.241 e. The van der Waals surface area contributed by atoms with E-state index in [1.54, 1.807) is 0 Å². The Bertz CT molecular complexity index is 278. The molecule has 0 aromatic carbocycles. The molecule has 1 aliphatic heterocycles. The molecule has 2 aliphatic rings. The van der Waals surface area contributed by atoms with E-state index in [1.807, 2.05) is 0 Å². The van der Waals surface area contributed by atoms with Crippen LogP contribution in [0.1, 0.15) is 67.2 Å². The summed E-state index contributed by atoms with van der Waals surface area (Å²) in [6.07, 6.45) is 5.25. The van der Waals surface area contributed by atoms with Crippen molar-refractivity contribution >= 4 is 0 Å². The third kappa shape index (κ3) is 2.26. The summed E-state index contributed by atoms with van der Waals surface area (Å²) in [5.74, 6) is 0.944. The van der Waals surface area contributed by atoms with E-state index < -0.39 is 0 Å². The minimum atomic E-state index is -0.314. The number of hydrogen-bond donors (Lipinski definition) is 0. The summed E-state index contributed by atoms with van der Waals surface area (Å²) in [5, 5.41) is 0. The zero-order chi connectivity index (χ0) is 12.9. The monoisotopic (exact) mass is 240 g/mol. The van der Waals surface area contributed by atoms with Crippen molar-refractivity contribution in [3.05, 3.63) is 0 Å². The van der Waals surface area contributed by atoms with Crippen LogP contribution < -0.4 is 0 Å². The van der Waals surface area contributed by atoms with Gasteiger partial charge in [0.25, 0.3) is 0 Å². The molecule has 2 heteroatoms. The van der Waals surface area contributed by atoms with Crippen LogP contribution in [-0.4, -0.2) is 5.79 Å². The standard InChI is InChI=1S/C15H28O2/c1-13(2,3)11-9-7-8-10-12(11)15(16-17-15)14(4,5)6/h11-12H,7-10H2,1-6H3. The van der Waals surface area contributed by atoms with Gasteiger partial charge in [-0.25, -0.2) is 0 Å². The van der Waals surface area contributed by atoms with Crippen LogP contribution in [0.3, 0.4) is 0 Å². The van der Waals surface area contributed by atoms with Crippen LogP contribution in [0.5, 0.6) is 0 Å². The number of hydrogen-bond acceptors (Lipinski definition) is 2. The van der Waals surface area contributed by atoms with Gasteiger partial charge in [-0.1, -0.05) is 54.4 Å². The van der Waals surface area contributed by atoms with Crippen molar-refractivity contribution in [3.63, 3.8) is 0 Å². The fourth-order valence-electron chi connectivity index (χ4n) is 3.60. The van der Waals surface area contributed by atoms with Gasteiger partial charge in [0.15, 0.2) is 0 Å². The molecule has 1 saturated carbocycles. The van der Waals surface area contributed by atoms with E-state index in [-0.39, 0.29) is 11.2 Å². The summed E-state index contributed by atoms with van der Waals surface area (Å²) in [5.41, 5.74) is 0.414. The normalized spacial score (nSPS) is 33.5. The molecule has 0 N–H and O–H groups in total. The van der Waals surface area contributed by atoms with Crippen molar-refractivity contribution in [2.75, 3.05) is 0 Å². The summed E-state index contributed by atoms with van der Waals surface area (Å²) in [4.78, 5) is 11.1. The fourth-order valence-corrected chi connectivity index (χ4v) is 3.60. The maximum absolute atomic E-state index is 5.53. The Balaban J connectivity index is 2.24. The summed E-state index contributed by atoms with van der Waals surface area (Å²) >= 11 is 0. The molecular formula is C15H28O2. The first-order chi connectivity index (χ1) is 7.68. The molecule has 0 aromatic heterocycles. The topological polar surface area (TPSA) is 25.1 Å². The lowest BCUT2D eigenvalue weighted by Crippen LogP contribution is -2.46. The molecule has 1 saturated heterocycles. The summed E-state index contributed by atoms with van der Waals surface area (Å²) in [7, 11) is 0. The van der Waals surface area contributed by atoms with Gasteiger partial charge >= 0.3 is 0 Å². The highest BCUT2D eigenvalue weighted by Gasteiger charge is 2.66. The van der Waals surface area contributed by atoms with Gasteiger partial charge in [0.05, 0.1) is 0 Å². The molecule has 2 nitrogen and oxygen atoms in total. The molecule has 0 amide bonds. The first-order valence-corrected chi connectivity index (χ1v) is 7.05. The van der Waals surface area contributed by atoms with Crippen LogP contribution in [0.25, 0.3) is 0 Å². The SMILES string of the molecule is CC(C)(C)C1CCCCC1C1(C(C)(C)C)OO1. The molecule has 2 fully saturated rings. The second-order valence-corrected chi connectivity index (χ2v) is 7.95. The van der Waals surface area contributed by atoms with Gasteiger partial charge in [0.2, 0.25) is 5.79 Å². The molecular weight excluding hydrogens is 212 g/mol. The Morgan fingerprint density at radius 3 is 1.82 bits per heavy atom. The molecule has 2 rings (SSSR count). The van der Waals surface area contributed by atoms with Crippen LogP contribution in [0.4, 0.5) is 0 Å². The lowest BCUT2D eigenvalue weighted by Gasteiger charge is -2.44. The summed E-state index contributed by atoms with van der Waals surface area (Å²) in [6.45, 7) is 13.8. The Morgan fingerprint density at radius 2 is 1.41 bits per heavy atom. The van der Waals surface area contributed by atoms with Gasteiger partial charge < -0.3 is 0 Å². The molecule has 1 heterocycles. The van der Waals surface area contributed by atoms with Crippen LogP contribution in [0.15, 0.2) is 0 Å². The van der Waals surface area contributed by atoms with Gasteiger partial charge in [-0.15, -0.1) is 0 Å². The van der Waals surface area contributed by atoms with E-state index in [0.29, 0.717) is 17.3 Å². The van der Waals surface area contributed by atoms with Crippen LogP contribution in [0, 0.1) is 22.7 Å². The minimum absolute atomic E-state index is 0.0680. The van der Waals surface area contributed by atoms with Crippen molar-refractivity contribution in [1.29, 1.82) is 0 Å². The highest BCUT2D eigenvalue weighted by atomic mass is 17.4. The van der Waals surface area contributed by atoms with Crippen molar-refractivity contribution in [1.82, 2.24) is 0 Å². The van der Waals surface area contributed by atoms with Crippen molar-refractivity contribution < 1.29 is 9.78 Å². The van der Waals surface area contributed by atoms with Gasteiger partial charge in [0, 0.05) is 11.3 Å². The van der Waals surface area contributed by atoms with E-state index >= 15 is 0 Å². The molecule has 1 aliphatic carbocycles. The van der Waals surface area contributed by atoms with Gasteiger partial charge in [0.1, 0.15) is 0 Å². The summed E-state index contributed by atoms with van der Waals surface area (Å²) < 4.78 is 0. The Morgan fingerprint density at radius 1 is 0.882 bits per heavy atom. The molecule has 0 spiro atoms. The van der Waals surface area contributed by atoms with Gasteiger partial charge in [-0.3, -0.25) is 0 Å². The largest absolute Gasteiger partial charge is 0.241 e. The lowest BCUT2D eigenvalue weighted by atomic mass is 9.60. The van der Waals surface area contributed by atoms with Gasteiger partial charge in [-0.05, 0) is 24.2 Å². The third-order valence-electron chi connectivity index (χ3n) is 4.67. The van der Waals surface area contributed by atoms with Crippen molar-refractivity contribution in [2.24, 2.45) is 22.7 Å². The molecule has 2 atom stereocenters. The third-order valence-corrected chi connectivity index (χ3v) is 4.67. The average molecular weight is 240 g/mol. The second kappa shape index (κ2) is 3.96. The van der Waals surface area contributed by atoms with E-state index in [1.165, 1.54) is 25.7 Å². The Labute approximate surface area is 106 Å². The zero-order valence-electron chi connectivity index (χ0n) is 12.3. The van der Waals surface area contributed by atoms with Gasteiger partial charge in [-0.2, -0.15) is 9.78 Å². The quantitative estimate of drug-likeness (QED) is 0.496. The second-order valence-electron chi connectivity index (χ2n) is 7.95. The van der Waals surface area contributed by atoms with E-state index in [4.69, 9.17) is 9.78 Å². The van der Waals surface area contributed by atoms with Crippen LogP contribution in [0.2, 0.25) is 0 Å². The fraction of sp³-hybridized carbons (Fsp3) is 1.00. The Kier molecular flexibility index (Phi) is 3.11. The van der Waals surface area contributed by atoms with Crippen LogP contribution >= 0.6 is 0 Å². The van der Waals surface area contributed by atoms with E-state index in [0.717, 1.165) is 0 Å². The first kappa shape index (κ1) is 13.4. The molecule has 2 unspecified atom stereocenters. The summed E-state index contributed by atoms with van der Waals surface area (Å²) in [6, 6.07) is 0. The van der Waals surface area contributed by atoms with E-state index in [9.17, 15) is 0 Å². The number of rotatable bonds is 1. The predicted molar refractivity (Wildman–Crippen MR) is 69.3 cm³/mol. The molecule has 0 radical (unpaired) electrons. The highest BCUT2D eigenvalue weighted by Crippen LogP contribution is 2.59. The molecule has 0 bridgehead atoms. The maximum atomic E-state index is 5.53. The zero-order valence-corrected chi connectivity index (χ0v) is 12.3. The van der Waals surface area contributed by atoms with Crippen molar-refractivity contribution in [2.45, 2.75) is 73.0 Å².